The summed E-state index contributed by atoms with van der Waals surface area (Å²) < 4.78 is 11.5. The number of nitrogens with zero attached hydrogens (tertiary/aromatic N) is 6. The number of ether oxygens (including phenoxy) is 2. The number of rotatable bonds is 23. The zero-order chi connectivity index (χ0) is 37.9. The summed E-state index contributed by atoms with van der Waals surface area (Å²) in [4.78, 5) is 15.0. The van der Waals surface area contributed by atoms with Gasteiger partial charge in [-0.25, -0.2) is 4.79 Å². The third kappa shape index (κ3) is 12.8. The Labute approximate surface area is 316 Å². The Morgan fingerprint density at radius 2 is 1.44 bits per heavy atom. The molecule has 3 rings (SSSR count). The monoisotopic (exact) mass is 728 g/mol. The van der Waals surface area contributed by atoms with Crippen LogP contribution in [0, 0.1) is 36.0 Å². The molecule has 2 aromatic carbocycles. The quantitative estimate of drug-likeness (QED) is 0.0712. The van der Waals surface area contributed by atoms with Crippen LogP contribution < -0.4 is 9.64 Å². The van der Waals surface area contributed by atoms with Crippen LogP contribution in [0.15, 0.2) is 62.9 Å². The number of esters is 1. The minimum Gasteiger partial charge on any atom is -0.495 e. The van der Waals surface area contributed by atoms with E-state index in [2.05, 4.69) is 86.0 Å². The largest absolute Gasteiger partial charge is 0.495 e. The number of anilines is 1. The smallest absolute Gasteiger partial charge is 0.338 e. The van der Waals surface area contributed by atoms with Crippen LogP contribution in [0.3, 0.4) is 0 Å². The molecule has 2 atom stereocenters. The van der Waals surface area contributed by atoms with Gasteiger partial charge in [-0.2, -0.15) is 5.26 Å². The fraction of sp³-hybridized carbons (Fsp3) is 0.571. The predicted molar refractivity (Wildman–Crippen MR) is 215 cm³/mol. The number of hydrogen-bond donors (Lipinski definition) is 0. The number of azo groups is 2. The minimum absolute atomic E-state index is 0.345. The van der Waals surface area contributed by atoms with E-state index in [1.165, 1.54) is 49.9 Å². The number of methoxy groups -OCH3 is 1. The molecule has 9 nitrogen and oxygen atoms in total. The summed E-state index contributed by atoms with van der Waals surface area (Å²) in [5.41, 5.74) is 4.21. The second-order valence-electron chi connectivity index (χ2n) is 13.7. The molecule has 0 radical (unpaired) electrons. The maximum atomic E-state index is 12.4. The van der Waals surface area contributed by atoms with Gasteiger partial charge in [0.15, 0.2) is 5.00 Å². The SMILES string of the molecule is CCCCC(CC)CN(CC(CC)CCCC)c1cc(C)c(/N=N/c2sc(N=Nc3ccc(C(=O)OCC(CC)CC)cc3)cc2C#N)cc1OC. The first-order valence-electron chi connectivity index (χ1n) is 19.3. The lowest BCUT2D eigenvalue weighted by Crippen LogP contribution is -2.34. The van der Waals surface area contributed by atoms with Crippen molar-refractivity contribution in [1.29, 1.82) is 5.26 Å². The molecule has 0 aliphatic rings. The zero-order valence-corrected chi connectivity index (χ0v) is 33.6. The normalized spacial score (nSPS) is 12.8. The van der Waals surface area contributed by atoms with E-state index in [1.807, 2.05) is 6.07 Å². The number of thiophene rings is 1. The van der Waals surface area contributed by atoms with Crippen molar-refractivity contribution in [2.45, 2.75) is 113 Å². The number of aryl methyl sites for hydroxylation is 1. The van der Waals surface area contributed by atoms with E-state index in [9.17, 15) is 10.1 Å². The molecule has 0 aliphatic heterocycles. The third-order valence-corrected chi connectivity index (χ3v) is 10.8. The van der Waals surface area contributed by atoms with Crippen LogP contribution in [0.4, 0.5) is 27.1 Å². The number of carbonyl (C=O) groups is 1. The average Bonchev–Trinajstić information content (AvgIpc) is 3.58. The molecular formula is C42H60N6O3S. The van der Waals surface area contributed by atoms with Crippen LogP contribution in [0.5, 0.6) is 5.75 Å². The van der Waals surface area contributed by atoms with Crippen molar-refractivity contribution in [1.82, 2.24) is 0 Å². The molecule has 10 heteroatoms. The van der Waals surface area contributed by atoms with Gasteiger partial charge in [0.05, 0.1) is 41.9 Å². The van der Waals surface area contributed by atoms with Gasteiger partial charge in [-0.1, -0.05) is 104 Å². The standard InChI is InChI=1S/C42H60N6O3S/c1-9-15-17-32(13-5)27-48(28-33(14-6)18-16-10-2)38-23-30(7)37(25-39(38)50-8)45-47-41-35(26-43)24-40(52-41)46-44-36-21-19-34(20-22-36)42(49)51-29-31(11-3)12-4/h19-25,31-33H,9-18,27-29H2,1-8H3/b46-44?,47-45+. The van der Waals surface area contributed by atoms with Gasteiger partial charge in [0.2, 0.25) is 0 Å². The van der Waals surface area contributed by atoms with Gasteiger partial charge in [0.1, 0.15) is 16.8 Å². The lowest BCUT2D eigenvalue weighted by Gasteiger charge is -2.33. The summed E-state index contributed by atoms with van der Waals surface area (Å²) in [6, 6.07) is 14.8. The van der Waals surface area contributed by atoms with Crippen LogP contribution in [-0.2, 0) is 4.74 Å². The van der Waals surface area contributed by atoms with Gasteiger partial charge in [-0.3, -0.25) is 0 Å². The first-order valence-corrected chi connectivity index (χ1v) is 20.1. The zero-order valence-electron chi connectivity index (χ0n) is 32.8. The van der Waals surface area contributed by atoms with Gasteiger partial charge in [-0.15, -0.1) is 20.5 Å². The Morgan fingerprint density at radius 1 is 0.827 bits per heavy atom. The third-order valence-electron chi connectivity index (χ3n) is 9.92. The van der Waals surface area contributed by atoms with Gasteiger partial charge in [0.25, 0.3) is 0 Å². The van der Waals surface area contributed by atoms with Crippen LogP contribution in [0.2, 0.25) is 0 Å². The molecule has 282 valence electrons. The van der Waals surface area contributed by atoms with Crippen molar-refractivity contribution in [3.05, 3.63) is 59.2 Å². The summed E-state index contributed by atoms with van der Waals surface area (Å²) in [5, 5.41) is 28.6. The average molecular weight is 729 g/mol. The molecule has 52 heavy (non-hydrogen) atoms. The molecule has 0 spiro atoms. The molecule has 0 saturated heterocycles. The van der Waals surface area contributed by atoms with E-state index in [4.69, 9.17) is 9.47 Å². The molecule has 0 N–H and O–H groups in total. The van der Waals surface area contributed by atoms with E-state index >= 15 is 0 Å². The minimum atomic E-state index is -0.345. The molecule has 0 aliphatic carbocycles. The van der Waals surface area contributed by atoms with Crippen molar-refractivity contribution < 1.29 is 14.3 Å². The van der Waals surface area contributed by atoms with Crippen molar-refractivity contribution in [2.24, 2.45) is 38.2 Å². The molecular weight excluding hydrogens is 669 g/mol. The Balaban J connectivity index is 1.82. The van der Waals surface area contributed by atoms with E-state index in [0.717, 1.165) is 55.8 Å². The summed E-state index contributed by atoms with van der Waals surface area (Å²) in [5.74, 6) is 2.04. The van der Waals surface area contributed by atoms with Crippen molar-refractivity contribution in [3.63, 3.8) is 0 Å². The first kappa shape index (κ1) is 42.3. The number of carbonyl (C=O) groups excluding carboxylic acids is 1. The maximum absolute atomic E-state index is 12.4. The fourth-order valence-electron chi connectivity index (χ4n) is 6.15. The van der Waals surface area contributed by atoms with E-state index in [1.54, 1.807) is 37.4 Å². The molecule has 3 aromatic rings. The summed E-state index contributed by atoms with van der Waals surface area (Å²) in [7, 11) is 1.72. The Bertz CT molecular complexity index is 1610. The molecule has 1 heterocycles. The lowest BCUT2D eigenvalue weighted by molar-refractivity contribution is 0.0433. The number of unbranched alkanes of at least 4 members (excludes halogenated alkanes) is 2. The van der Waals surface area contributed by atoms with Crippen LogP contribution in [-0.4, -0.2) is 32.8 Å². The van der Waals surface area contributed by atoms with Gasteiger partial charge >= 0.3 is 5.97 Å². The molecule has 0 fully saturated rings. The van der Waals surface area contributed by atoms with E-state index in [-0.39, 0.29) is 5.97 Å². The fourth-order valence-corrected chi connectivity index (χ4v) is 6.91. The predicted octanol–water partition coefficient (Wildman–Crippen LogP) is 13.6. The Kier molecular flexibility index (Phi) is 18.5. The highest BCUT2D eigenvalue weighted by Crippen LogP contribution is 2.41. The lowest BCUT2D eigenvalue weighted by atomic mass is 9.95. The molecule has 0 saturated carbocycles. The Morgan fingerprint density at radius 3 is 1.98 bits per heavy atom. The first-order chi connectivity index (χ1) is 25.2. The van der Waals surface area contributed by atoms with Gasteiger partial charge in [0, 0.05) is 19.2 Å². The number of nitriles is 1. The topological polar surface area (TPSA) is 112 Å². The highest BCUT2D eigenvalue weighted by molar-refractivity contribution is 7.19. The molecule has 0 bridgehead atoms. The second-order valence-corrected chi connectivity index (χ2v) is 14.7. The van der Waals surface area contributed by atoms with Gasteiger partial charge < -0.3 is 14.4 Å². The molecule has 0 amide bonds. The number of hydrogen-bond acceptors (Lipinski definition) is 10. The van der Waals surface area contributed by atoms with Crippen molar-refractivity contribution in [3.8, 4) is 11.8 Å². The summed E-state index contributed by atoms with van der Waals surface area (Å²) in [6.07, 6.45) is 11.6. The van der Waals surface area contributed by atoms with Crippen LogP contribution >= 0.6 is 11.3 Å². The Hall–Kier alpha value is -4.10. The second kappa shape index (κ2) is 22.8. The van der Waals surface area contributed by atoms with Crippen LogP contribution in [0.25, 0.3) is 0 Å². The van der Waals surface area contributed by atoms with E-state index < -0.39 is 0 Å². The maximum Gasteiger partial charge on any atom is 0.338 e. The molecule has 1 aromatic heterocycles. The molecule has 2 unspecified atom stereocenters. The highest BCUT2D eigenvalue weighted by atomic mass is 32.1. The highest BCUT2D eigenvalue weighted by Gasteiger charge is 2.22. The number of benzene rings is 2. The summed E-state index contributed by atoms with van der Waals surface area (Å²) in [6.45, 7) is 17.8. The van der Waals surface area contributed by atoms with Crippen LogP contribution in [0.1, 0.15) is 127 Å². The van der Waals surface area contributed by atoms with Crippen molar-refractivity contribution in [2.75, 3.05) is 31.7 Å². The van der Waals surface area contributed by atoms with Gasteiger partial charge in [-0.05, 0) is 79.5 Å². The van der Waals surface area contributed by atoms with E-state index in [0.29, 0.717) is 56.9 Å². The van der Waals surface area contributed by atoms with Crippen molar-refractivity contribution >= 4 is 44.4 Å². The summed E-state index contributed by atoms with van der Waals surface area (Å²) >= 11 is 1.24.